The Morgan fingerprint density at radius 3 is 2.38 bits per heavy atom. The maximum atomic E-state index is 14.0. The van der Waals surface area contributed by atoms with Crippen LogP contribution in [0.5, 0.6) is 11.5 Å². The van der Waals surface area contributed by atoms with Crippen LogP contribution >= 0.6 is 0 Å². The maximum absolute atomic E-state index is 14.0. The SMILES string of the molecule is COc1cc(CN(Cc2ccco2)Cc2cn(-c3ccccc3)nc2C(F)(F)F)ccc1OC(C)(C)C(=O)O. The van der Waals surface area contributed by atoms with E-state index in [0.717, 1.165) is 0 Å². The number of carboxylic acid groups (broad SMARTS) is 1. The van der Waals surface area contributed by atoms with Crippen LogP contribution in [0, 0.1) is 0 Å². The number of hydrogen-bond donors (Lipinski definition) is 1. The summed E-state index contributed by atoms with van der Waals surface area (Å²) in [6, 6.07) is 17.0. The quantitative estimate of drug-likeness (QED) is 0.251. The predicted octanol–water partition coefficient (Wildman–Crippen LogP) is 5.94. The molecule has 206 valence electrons. The van der Waals surface area contributed by atoms with Gasteiger partial charge < -0.3 is 19.0 Å². The van der Waals surface area contributed by atoms with Gasteiger partial charge in [-0.1, -0.05) is 24.3 Å². The average Bonchev–Trinajstić information content (AvgIpc) is 3.55. The lowest BCUT2D eigenvalue weighted by Gasteiger charge is -2.24. The number of hydrogen-bond acceptors (Lipinski definition) is 6. The van der Waals surface area contributed by atoms with Gasteiger partial charge in [0.1, 0.15) is 5.76 Å². The van der Waals surface area contributed by atoms with Crippen LogP contribution in [0.2, 0.25) is 0 Å². The first kappa shape index (κ1) is 27.8. The highest BCUT2D eigenvalue weighted by Crippen LogP contribution is 2.34. The zero-order chi connectivity index (χ0) is 28.2. The molecule has 0 radical (unpaired) electrons. The molecule has 0 aliphatic heterocycles. The number of methoxy groups -OCH3 is 1. The third kappa shape index (κ3) is 6.80. The molecule has 0 saturated heterocycles. The lowest BCUT2D eigenvalue weighted by molar-refractivity contribution is -0.152. The minimum Gasteiger partial charge on any atom is -0.493 e. The molecule has 4 aromatic rings. The van der Waals surface area contributed by atoms with Gasteiger partial charge in [0.25, 0.3) is 0 Å². The summed E-state index contributed by atoms with van der Waals surface area (Å²) in [7, 11) is 1.42. The maximum Gasteiger partial charge on any atom is 0.435 e. The molecule has 2 aromatic heterocycles. The van der Waals surface area contributed by atoms with Gasteiger partial charge in [-0.3, -0.25) is 4.90 Å². The number of alkyl halides is 3. The van der Waals surface area contributed by atoms with Crippen molar-refractivity contribution in [1.29, 1.82) is 0 Å². The summed E-state index contributed by atoms with van der Waals surface area (Å²) in [5, 5.41) is 13.2. The van der Waals surface area contributed by atoms with E-state index < -0.39 is 23.4 Å². The number of para-hydroxylation sites is 1. The molecule has 0 amide bonds. The Balaban J connectivity index is 1.65. The van der Waals surface area contributed by atoms with Crippen LogP contribution in [0.15, 0.2) is 77.5 Å². The van der Waals surface area contributed by atoms with E-state index in [0.29, 0.717) is 22.8 Å². The third-order valence-corrected chi connectivity index (χ3v) is 5.95. The number of aromatic nitrogens is 2. The van der Waals surface area contributed by atoms with E-state index in [4.69, 9.17) is 13.9 Å². The van der Waals surface area contributed by atoms with Crippen molar-refractivity contribution < 1.29 is 37.0 Å². The number of nitrogens with zero attached hydrogens (tertiary/aromatic N) is 3. The van der Waals surface area contributed by atoms with Crippen molar-refractivity contribution >= 4 is 5.97 Å². The van der Waals surface area contributed by atoms with Gasteiger partial charge in [0.2, 0.25) is 0 Å². The van der Waals surface area contributed by atoms with Gasteiger partial charge in [0.05, 0.1) is 25.6 Å². The minimum absolute atomic E-state index is 0.00744. The van der Waals surface area contributed by atoms with Gasteiger partial charge in [-0.05, 0) is 55.8 Å². The fourth-order valence-corrected chi connectivity index (χ4v) is 3.98. The summed E-state index contributed by atoms with van der Waals surface area (Å²) in [5.74, 6) is -0.0358. The lowest BCUT2D eigenvalue weighted by atomic mass is 10.1. The zero-order valence-corrected chi connectivity index (χ0v) is 21.6. The topological polar surface area (TPSA) is 90.0 Å². The highest BCUT2D eigenvalue weighted by atomic mass is 19.4. The van der Waals surface area contributed by atoms with Crippen molar-refractivity contribution in [1.82, 2.24) is 14.7 Å². The molecule has 0 fully saturated rings. The Bertz CT molecular complexity index is 1400. The molecule has 39 heavy (non-hydrogen) atoms. The lowest BCUT2D eigenvalue weighted by Crippen LogP contribution is -2.38. The summed E-state index contributed by atoms with van der Waals surface area (Å²) in [4.78, 5) is 13.3. The van der Waals surface area contributed by atoms with Crippen LogP contribution in [0.25, 0.3) is 5.69 Å². The number of ether oxygens (including phenoxy) is 2. The molecule has 0 aliphatic rings. The van der Waals surface area contributed by atoms with E-state index in [2.05, 4.69) is 5.10 Å². The van der Waals surface area contributed by atoms with E-state index in [9.17, 15) is 23.1 Å². The van der Waals surface area contributed by atoms with E-state index in [1.165, 1.54) is 38.1 Å². The molecule has 0 atom stereocenters. The Morgan fingerprint density at radius 1 is 1.03 bits per heavy atom. The van der Waals surface area contributed by atoms with Gasteiger partial charge in [-0.25, -0.2) is 9.48 Å². The van der Waals surface area contributed by atoms with Crippen molar-refractivity contribution in [2.45, 2.75) is 45.3 Å². The van der Waals surface area contributed by atoms with Crippen LogP contribution in [-0.4, -0.2) is 38.5 Å². The summed E-state index contributed by atoms with van der Waals surface area (Å²) in [6.07, 6.45) is -1.76. The summed E-state index contributed by atoms with van der Waals surface area (Å²) in [6.45, 7) is 3.22. The smallest absolute Gasteiger partial charge is 0.435 e. The second-order valence-corrected chi connectivity index (χ2v) is 9.41. The van der Waals surface area contributed by atoms with Crippen LogP contribution in [0.4, 0.5) is 13.2 Å². The fraction of sp³-hybridized carbons (Fsp3) is 0.286. The monoisotopic (exact) mass is 543 g/mol. The van der Waals surface area contributed by atoms with Crippen molar-refractivity contribution in [3.8, 4) is 17.2 Å². The predicted molar refractivity (Wildman–Crippen MR) is 136 cm³/mol. The normalized spacial score (nSPS) is 12.1. The number of aliphatic carboxylic acids is 1. The standard InChI is InChI=1S/C28H28F3N3O5/c1-27(2,26(35)36)39-23-12-11-19(14-24(23)37-3)15-33(18-22-10-7-13-38-22)16-20-17-34(21-8-5-4-6-9-21)32-25(20)28(29,30)31/h4-14,17H,15-16,18H2,1-3H3,(H,35,36). The second kappa shape index (κ2) is 11.2. The van der Waals surface area contributed by atoms with Crippen LogP contribution in [0.3, 0.4) is 0 Å². The van der Waals surface area contributed by atoms with Crippen LogP contribution < -0.4 is 9.47 Å². The Morgan fingerprint density at radius 2 is 1.77 bits per heavy atom. The molecule has 0 bridgehead atoms. The number of furan rings is 1. The first-order valence-electron chi connectivity index (χ1n) is 12.0. The van der Waals surface area contributed by atoms with Gasteiger partial charge >= 0.3 is 12.1 Å². The number of benzene rings is 2. The molecule has 0 spiro atoms. The van der Waals surface area contributed by atoms with Crippen molar-refractivity contribution in [3.63, 3.8) is 0 Å². The highest BCUT2D eigenvalue weighted by molar-refractivity contribution is 5.77. The van der Waals surface area contributed by atoms with Gasteiger partial charge in [-0.2, -0.15) is 18.3 Å². The van der Waals surface area contributed by atoms with Gasteiger partial charge in [-0.15, -0.1) is 0 Å². The fourth-order valence-electron chi connectivity index (χ4n) is 3.98. The van der Waals surface area contributed by atoms with Crippen LogP contribution in [0.1, 0.15) is 36.4 Å². The number of carboxylic acids is 1. The summed E-state index contributed by atoms with van der Waals surface area (Å²) >= 11 is 0. The molecule has 2 aromatic carbocycles. The van der Waals surface area contributed by atoms with E-state index in [1.807, 2.05) is 0 Å². The Hall–Kier alpha value is -4.25. The highest BCUT2D eigenvalue weighted by Gasteiger charge is 2.38. The number of halogens is 3. The van der Waals surface area contributed by atoms with Crippen molar-refractivity contribution in [2.75, 3.05) is 7.11 Å². The van der Waals surface area contributed by atoms with Crippen LogP contribution in [-0.2, 0) is 30.6 Å². The Kier molecular flexibility index (Phi) is 8.01. The largest absolute Gasteiger partial charge is 0.493 e. The van der Waals surface area contributed by atoms with Gasteiger partial charge in [0, 0.05) is 24.8 Å². The number of rotatable bonds is 11. The average molecular weight is 544 g/mol. The molecule has 8 nitrogen and oxygen atoms in total. The summed E-state index contributed by atoms with van der Waals surface area (Å²) in [5.41, 5.74) is -1.23. The molecule has 0 saturated carbocycles. The first-order valence-corrected chi connectivity index (χ1v) is 12.0. The van der Waals surface area contributed by atoms with Gasteiger partial charge in [0.15, 0.2) is 22.8 Å². The first-order chi connectivity index (χ1) is 18.5. The zero-order valence-electron chi connectivity index (χ0n) is 21.6. The summed E-state index contributed by atoms with van der Waals surface area (Å²) < 4.78 is 59.7. The van der Waals surface area contributed by atoms with Crippen molar-refractivity contribution in [3.05, 3.63) is 95.7 Å². The van der Waals surface area contributed by atoms with E-state index in [1.54, 1.807) is 65.6 Å². The van der Waals surface area contributed by atoms with E-state index in [-0.39, 0.29) is 30.9 Å². The molecular weight excluding hydrogens is 515 g/mol. The molecule has 4 rings (SSSR count). The molecule has 0 unspecified atom stereocenters. The van der Waals surface area contributed by atoms with E-state index >= 15 is 0 Å². The van der Waals surface area contributed by atoms with Crippen molar-refractivity contribution in [2.24, 2.45) is 0 Å². The molecule has 0 aliphatic carbocycles. The molecule has 11 heteroatoms. The third-order valence-electron chi connectivity index (χ3n) is 5.95. The minimum atomic E-state index is -4.65. The molecule has 1 N–H and O–H groups in total. The Labute approximate surface area is 223 Å². The number of carbonyl (C=O) groups is 1. The molecule has 2 heterocycles. The molecular formula is C28H28F3N3O5. The second-order valence-electron chi connectivity index (χ2n) is 9.41.